The van der Waals surface area contributed by atoms with Crippen LogP contribution in [0, 0.1) is 0 Å². The molecular formula is C18H28Si. The summed E-state index contributed by atoms with van der Waals surface area (Å²) in [6, 6.07) is 0. The van der Waals surface area contributed by atoms with Crippen molar-refractivity contribution in [2.24, 2.45) is 0 Å². The van der Waals surface area contributed by atoms with Gasteiger partial charge in [0, 0.05) is 0 Å². The Morgan fingerprint density at radius 2 is 0.895 bits per heavy atom. The molecule has 0 bridgehead atoms. The summed E-state index contributed by atoms with van der Waals surface area (Å²) in [6.45, 7) is 0. The summed E-state index contributed by atoms with van der Waals surface area (Å²) in [4.78, 5) is 0. The van der Waals surface area contributed by atoms with E-state index in [1.165, 1.54) is 77.0 Å². The molecule has 0 nitrogen and oxygen atoms in total. The van der Waals surface area contributed by atoms with Gasteiger partial charge in [-0.05, 0) is 77.0 Å². The van der Waals surface area contributed by atoms with E-state index in [1.54, 1.807) is 0 Å². The van der Waals surface area contributed by atoms with Crippen LogP contribution in [-0.2, 0) is 0 Å². The van der Waals surface area contributed by atoms with E-state index in [9.17, 15) is 0 Å². The smallest absolute Gasteiger partial charge is 0.0888 e. The topological polar surface area (TPSA) is 0 Å². The fourth-order valence-corrected chi connectivity index (χ4v) is 8.20. The largest absolute Gasteiger partial charge is 0.118 e. The fourth-order valence-electron chi connectivity index (χ4n) is 4.09. The van der Waals surface area contributed by atoms with Gasteiger partial charge >= 0.3 is 0 Å². The average molecular weight is 273 g/mol. The average Bonchev–Trinajstić information content (AvgIpc) is 2.51. The Morgan fingerprint density at radius 1 is 0.526 bits per heavy atom. The van der Waals surface area contributed by atoms with Gasteiger partial charge in [-0.1, -0.05) is 33.8 Å². The molecular weight excluding hydrogens is 244 g/mol. The quantitative estimate of drug-likeness (QED) is 0.609. The maximum atomic E-state index is 2.64. The van der Waals surface area contributed by atoms with Crippen LogP contribution in [-0.4, -0.2) is 8.80 Å². The van der Waals surface area contributed by atoms with Crippen LogP contribution in [0.1, 0.15) is 77.0 Å². The molecule has 3 rings (SSSR count). The molecule has 0 aromatic rings. The van der Waals surface area contributed by atoms with Crippen LogP contribution in [0.4, 0.5) is 0 Å². The van der Waals surface area contributed by atoms with Crippen molar-refractivity contribution in [2.45, 2.75) is 77.0 Å². The Morgan fingerprint density at radius 3 is 1.16 bits per heavy atom. The molecule has 19 heavy (non-hydrogen) atoms. The predicted molar refractivity (Wildman–Crippen MR) is 86.8 cm³/mol. The Hall–Kier alpha value is -0.563. The van der Waals surface area contributed by atoms with Crippen LogP contribution >= 0.6 is 0 Å². The first kappa shape index (κ1) is 13.4. The molecule has 104 valence electrons. The van der Waals surface area contributed by atoms with Crippen molar-refractivity contribution < 1.29 is 0 Å². The Labute approximate surface area is 120 Å². The summed E-state index contributed by atoms with van der Waals surface area (Å²) < 4.78 is 0. The summed E-state index contributed by atoms with van der Waals surface area (Å²) in [6.07, 6.45) is 24.9. The highest BCUT2D eigenvalue weighted by Crippen LogP contribution is 2.34. The number of allylic oxidation sites excluding steroid dienone is 6. The SMILES string of the molecule is C1=C([SiH](C2=CCCCC2)C2=CCCCC2)CCCC1. The molecule has 0 radical (unpaired) electrons. The molecule has 0 atom stereocenters. The number of hydrogen-bond donors (Lipinski definition) is 0. The Balaban J connectivity index is 1.87. The normalized spacial score (nSPS) is 24.8. The van der Waals surface area contributed by atoms with Crippen molar-refractivity contribution in [1.29, 1.82) is 0 Å². The molecule has 0 aromatic heterocycles. The summed E-state index contributed by atoms with van der Waals surface area (Å²) >= 11 is 0. The van der Waals surface area contributed by atoms with Crippen molar-refractivity contribution in [3.05, 3.63) is 33.8 Å². The lowest BCUT2D eigenvalue weighted by Crippen LogP contribution is -2.27. The number of rotatable bonds is 3. The lowest BCUT2D eigenvalue weighted by molar-refractivity contribution is 0.699. The molecule has 0 fully saturated rings. The molecule has 0 amide bonds. The maximum absolute atomic E-state index is 2.64. The Bertz CT molecular complexity index is 338. The highest BCUT2D eigenvalue weighted by molar-refractivity contribution is 6.80. The van der Waals surface area contributed by atoms with Gasteiger partial charge in [0.25, 0.3) is 0 Å². The first-order valence-corrected chi connectivity index (χ1v) is 10.2. The molecule has 0 aromatic carbocycles. The second-order valence-corrected chi connectivity index (χ2v) is 9.60. The lowest BCUT2D eigenvalue weighted by Gasteiger charge is -2.30. The van der Waals surface area contributed by atoms with Crippen molar-refractivity contribution >= 4 is 8.80 Å². The van der Waals surface area contributed by atoms with E-state index in [1.807, 2.05) is 15.6 Å². The van der Waals surface area contributed by atoms with Gasteiger partial charge in [0.2, 0.25) is 0 Å². The molecule has 0 heterocycles. The minimum absolute atomic E-state index is 0.895. The van der Waals surface area contributed by atoms with Gasteiger partial charge in [0.15, 0.2) is 0 Å². The van der Waals surface area contributed by atoms with E-state index >= 15 is 0 Å². The van der Waals surface area contributed by atoms with E-state index in [0.29, 0.717) is 0 Å². The summed E-state index contributed by atoms with van der Waals surface area (Å²) in [5.74, 6) is 0. The van der Waals surface area contributed by atoms with Gasteiger partial charge in [-0.25, -0.2) is 0 Å². The van der Waals surface area contributed by atoms with Crippen molar-refractivity contribution in [3.63, 3.8) is 0 Å². The van der Waals surface area contributed by atoms with E-state index < -0.39 is 8.80 Å². The minimum Gasteiger partial charge on any atom is -0.0888 e. The highest BCUT2D eigenvalue weighted by atomic mass is 28.3. The zero-order valence-corrected chi connectivity index (χ0v) is 13.4. The second kappa shape index (κ2) is 6.74. The van der Waals surface area contributed by atoms with Crippen LogP contribution in [0.2, 0.25) is 0 Å². The standard InChI is InChI=1S/C18H28Si/c1-4-10-16(11-5-1)19(17-12-6-2-7-13-17)18-14-8-3-9-15-18/h10,12,14,19H,1-9,11,13,15H2. The van der Waals surface area contributed by atoms with Crippen LogP contribution in [0.5, 0.6) is 0 Å². The zero-order chi connectivity index (χ0) is 12.9. The van der Waals surface area contributed by atoms with Gasteiger partial charge in [-0.15, -0.1) is 0 Å². The molecule has 1 heteroatoms. The minimum atomic E-state index is -0.895. The van der Waals surface area contributed by atoms with E-state index in [0.717, 1.165) is 0 Å². The molecule has 3 aliphatic rings. The highest BCUT2D eigenvalue weighted by Gasteiger charge is 2.27. The molecule has 0 aliphatic heterocycles. The third kappa shape index (κ3) is 3.31. The van der Waals surface area contributed by atoms with Crippen molar-refractivity contribution in [3.8, 4) is 0 Å². The predicted octanol–water partition coefficient (Wildman–Crippen LogP) is 5.33. The molecule has 3 aliphatic carbocycles. The second-order valence-electron chi connectivity index (χ2n) is 6.51. The molecule has 0 N–H and O–H groups in total. The first-order valence-electron chi connectivity index (χ1n) is 8.52. The first-order chi connectivity index (χ1) is 9.45. The summed E-state index contributed by atoms with van der Waals surface area (Å²) in [7, 11) is -0.895. The molecule has 0 saturated carbocycles. The van der Waals surface area contributed by atoms with E-state index in [4.69, 9.17) is 0 Å². The fraction of sp³-hybridized carbons (Fsp3) is 0.667. The monoisotopic (exact) mass is 272 g/mol. The van der Waals surface area contributed by atoms with Gasteiger partial charge in [-0.2, -0.15) is 0 Å². The zero-order valence-electron chi connectivity index (χ0n) is 12.3. The van der Waals surface area contributed by atoms with Gasteiger partial charge in [0.05, 0.1) is 0 Å². The van der Waals surface area contributed by atoms with Gasteiger partial charge < -0.3 is 0 Å². The third-order valence-electron chi connectivity index (χ3n) is 5.09. The van der Waals surface area contributed by atoms with Crippen molar-refractivity contribution in [1.82, 2.24) is 0 Å². The maximum Gasteiger partial charge on any atom is 0.118 e. The summed E-state index contributed by atoms with van der Waals surface area (Å²) in [5, 5.41) is 5.73. The molecule has 0 spiro atoms. The van der Waals surface area contributed by atoms with Gasteiger partial charge in [-0.3, -0.25) is 0 Å². The lowest BCUT2D eigenvalue weighted by atomic mass is 10.1. The third-order valence-corrected chi connectivity index (χ3v) is 8.89. The van der Waals surface area contributed by atoms with Crippen LogP contribution in [0.25, 0.3) is 0 Å². The van der Waals surface area contributed by atoms with Crippen LogP contribution in [0.15, 0.2) is 33.8 Å². The van der Waals surface area contributed by atoms with Crippen LogP contribution in [0.3, 0.4) is 0 Å². The Kier molecular flexibility index (Phi) is 4.76. The van der Waals surface area contributed by atoms with Gasteiger partial charge in [0.1, 0.15) is 8.80 Å². The van der Waals surface area contributed by atoms with E-state index in [2.05, 4.69) is 18.2 Å². The molecule has 0 unspecified atom stereocenters. The number of hydrogen-bond acceptors (Lipinski definition) is 0. The summed E-state index contributed by atoms with van der Waals surface area (Å²) in [5.41, 5.74) is 0. The van der Waals surface area contributed by atoms with E-state index in [-0.39, 0.29) is 0 Å². The molecule has 0 saturated heterocycles. The van der Waals surface area contributed by atoms with Crippen LogP contribution < -0.4 is 0 Å². The van der Waals surface area contributed by atoms with Crippen molar-refractivity contribution in [2.75, 3.05) is 0 Å².